The van der Waals surface area contributed by atoms with Crippen LogP contribution < -0.4 is 15.8 Å². The summed E-state index contributed by atoms with van der Waals surface area (Å²) in [6, 6.07) is 14.9. The Hall–Kier alpha value is -3.62. The van der Waals surface area contributed by atoms with E-state index >= 15 is 0 Å². The van der Waals surface area contributed by atoms with Crippen LogP contribution in [0.4, 0.5) is 11.8 Å². The minimum Gasteiger partial charge on any atom is -0.496 e. The van der Waals surface area contributed by atoms with Gasteiger partial charge in [0, 0.05) is 44.2 Å². The van der Waals surface area contributed by atoms with Crippen LogP contribution in [0.15, 0.2) is 48.5 Å². The van der Waals surface area contributed by atoms with Gasteiger partial charge in [0.2, 0.25) is 5.95 Å². The topological polar surface area (TPSA) is 90.5 Å². The van der Waals surface area contributed by atoms with Crippen molar-refractivity contribution in [2.75, 3.05) is 58.1 Å². The lowest BCUT2D eigenvalue weighted by molar-refractivity contribution is 0.154. The van der Waals surface area contributed by atoms with Crippen molar-refractivity contribution in [3.8, 4) is 5.75 Å². The van der Waals surface area contributed by atoms with Gasteiger partial charge in [-0.1, -0.05) is 43.7 Å². The predicted octanol–water partition coefficient (Wildman–Crippen LogP) is 5.17. The molecule has 3 N–H and O–H groups in total. The molecule has 0 spiro atoms. The second kappa shape index (κ2) is 11.8. The summed E-state index contributed by atoms with van der Waals surface area (Å²) in [5, 5.41) is 4.59. The minimum atomic E-state index is 0.280. The minimum absolute atomic E-state index is 0.280. The van der Waals surface area contributed by atoms with Gasteiger partial charge in [-0.3, -0.25) is 4.90 Å². The summed E-state index contributed by atoms with van der Waals surface area (Å²) in [7, 11) is 3.49. The lowest BCUT2D eigenvalue weighted by Crippen LogP contribution is -2.31. The molecular formula is C30H38N6O2. The van der Waals surface area contributed by atoms with E-state index in [1.165, 1.54) is 11.1 Å². The second-order valence-corrected chi connectivity index (χ2v) is 9.81. The van der Waals surface area contributed by atoms with Gasteiger partial charge in [0.05, 0.1) is 25.8 Å². The Balaban J connectivity index is 1.56. The number of anilines is 2. The highest BCUT2D eigenvalue weighted by Crippen LogP contribution is 2.35. The first-order valence-electron chi connectivity index (χ1n) is 13.5. The Labute approximate surface area is 224 Å². The third kappa shape index (κ3) is 5.33. The molecule has 0 fully saturated rings. The normalized spacial score (nSPS) is 14.2. The molecule has 200 valence electrons. The Morgan fingerprint density at radius 1 is 1.11 bits per heavy atom. The van der Waals surface area contributed by atoms with Crippen LogP contribution in [0, 0.1) is 0 Å². The smallest absolute Gasteiger partial charge is 0.222 e. The Morgan fingerprint density at radius 3 is 2.74 bits per heavy atom. The van der Waals surface area contributed by atoms with E-state index < -0.39 is 0 Å². The van der Waals surface area contributed by atoms with Crippen molar-refractivity contribution >= 4 is 39.3 Å². The molecule has 0 unspecified atom stereocenters. The van der Waals surface area contributed by atoms with Crippen molar-refractivity contribution in [3.63, 3.8) is 0 Å². The largest absolute Gasteiger partial charge is 0.496 e. The summed E-state index contributed by atoms with van der Waals surface area (Å²) in [5.41, 5.74) is 12.8. The fourth-order valence-electron chi connectivity index (χ4n) is 5.29. The quantitative estimate of drug-likeness (QED) is 0.267. The van der Waals surface area contributed by atoms with E-state index in [1.807, 2.05) is 6.07 Å². The van der Waals surface area contributed by atoms with E-state index in [0.29, 0.717) is 6.54 Å². The van der Waals surface area contributed by atoms with Gasteiger partial charge < -0.3 is 25.1 Å². The number of rotatable bonds is 11. The number of para-hydroxylation sites is 1. The number of aromatic nitrogens is 3. The van der Waals surface area contributed by atoms with Crippen molar-refractivity contribution in [2.45, 2.75) is 32.7 Å². The molecule has 0 atom stereocenters. The summed E-state index contributed by atoms with van der Waals surface area (Å²) in [4.78, 5) is 11.7. The molecule has 2 aromatic carbocycles. The number of unbranched alkanes of at least 4 members (excludes halogenated alkanes) is 1. The van der Waals surface area contributed by atoms with Gasteiger partial charge >= 0.3 is 0 Å². The maximum atomic E-state index is 6.16. The lowest BCUT2D eigenvalue weighted by atomic mass is 9.97. The summed E-state index contributed by atoms with van der Waals surface area (Å²) in [6.45, 7) is 7.35. The van der Waals surface area contributed by atoms with E-state index in [2.05, 4.69) is 74.1 Å². The lowest BCUT2D eigenvalue weighted by Gasteiger charge is -2.26. The van der Waals surface area contributed by atoms with Crippen LogP contribution in [0.3, 0.4) is 0 Å². The Kier molecular flexibility index (Phi) is 8.10. The van der Waals surface area contributed by atoms with Crippen molar-refractivity contribution in [2.24, 2.45) is 0 Å². The number of benzene rings is 2. The molecule has 2 aromatic heterocycles. The number of nitrogens with zero attached hydrogens (tertiary/aromatic N) is 4. The highest BCUT2D eigenvalue weighted by atomic mass is 16.5. The molecular weight excluding hydrogens is 476 g/mol. The average molecular weight is 515 g/mol. The third-order valence-corrected chi connectivity index (χ3v) is 7.33. The van der Waals surface area contributed by atoms with Gasteiger partial charge in [-0.2, -0.15) is 4.98 Å². The van der Waals surface area contributed by atoms with Gasteiger partial charge in [-0.05, 0) is 42.2 Å². The van der Waals surface area contributed by atoms with Gasteiger partial charge in [0.25, 0.3) is 0 Å². The van der Waals surface area contributed by atoms with E-state index in [-0.39, 0.29) is 5.95 Å². The number of methoxy groups -OCH3 is 2. The first-order valence-corrected chi connectivity index (χ1v) is 13.5. The van der Waals surface area contributed by atoms with E-state index in [0.717, 1.165) is 91.1 Å². The Bertz CT molecular complexity index is 1440. The molecule has 0 saturated carbocycles. The highest BCUT2D eigenvalue weighted by Gasteiger charge is 2.20. The summed E-state index contributed by atoms with van der Waals surface area (Å²) >= 11 is 0. The SMILES string of the molecule is CCCCNc1nc(N)nc2c3ccccc3n(Cc3cc(C4=CCN(CCOC)CC4)ccc3OC)c12. The number of nitrogen functional groups attached to an aromatic ring is 1. The highest BCUT2D eigenvalue weighted by molar-refractivity contribution is 6.09. The second-order valence-electron chi connectivity index (χ2n) is 9.81. The number of nitrogens with two attached hydrogens (primary N) is 1. The number of fused-ring (bicyclic) bond motifs is 3. The van der Waals surface area contributed by atoms with Gasteiger partial charge in [0.15, 0.2) is 5.82 Å². The maximum absolute atomic E-state index is 6.16. The molecule has 8 nitrogen and oxygen atoms in total. The van der Waals surface area contributed by atoms with Crippen LogP contribution in [-0.2, 0) is 11.3 Å². The Morgan fingerprint density at radius 2 is 1.97 bits per heavy atom. The van der Waals surface area contributed by atoms with Crippen LogP contribution in [0.5, 0.6) is 5.75 Å². The van der Waals surface area contributed by atoms with E-state index in [9.17, 15) is 0 Å². The molecule has 0 radical (unpaired) electrons. The molecule has 8 heteroatoms. The zero-order chi connectivity index (χ0) is 26.5. The molecule has 4 aromatic rings. The summed E-state index contributed by atoms with van der Waals surface area (Å²) in [6.07, 6.45) is 5.52. The van der Waals surface area contributed by atoms with Crippen LogP contribution in [-0.4, -0.2) is 66.4 Å². The molecule has 5 rings (SSSR count). The van der Waals surface area contributed by atoms with Gasteiger partial charge in [-0.25, -0.2) is 4.98 Å². The number of nitrogens with one attached hydrogen (secondary N) is 1. The van der Waals surface area contributed by atoms with Gasteiger partial charge in [0.1, 0.15) is 16.8 Å². The third-order valence-electron chi connectivity index (χ3n) is 7.33. The zero-order valence-corrected chi connectivity index (χ0v) is 22.7. The fourth-order valence-corrected chi connectivity index (χ4v) is 5.29. The molecule has 1 aliphatic heterocycles. The summed E-state index contributed by atoms with van der Waals surface area (Å²) < 4.78 is 13.4. The van der Waals surface area contributed by atoms with Gasteiger partial charge in [-0.15, -0.1) is 0 Å². The van der Waals surface area contributed by atoms with Crippen molar-refractivity contribution in [1.29, 1.82) is 0 Å². The fraction of sp³-hybridized carbons (Fsp3) is 0.400. The summed E-state index contributed by atoms with van der Waals surface area (Å²) in [5.74, 6) is 1.93. The zero-order valence-electron chi connectivity index (χ0n) is 22.7. The van der Waals surface area contributed by atoms with Crippen molar-refractivity contribution < 1.29 is 9.47 Å². The monoisotopic (exact) mass is 514 g/mol. The maximum Gasteiger partial charge on any atom is 0.222 e. The molecule has 0 saturated heterocycles. The molecule has 0 bridgehead atoms. The first-order chi connectivity index (χ1) is 18.6. The standard InChI is InChI=1S/C30H38N6O2/c1-4-5-14-32-29-28-27(33-30(31)34-29)24-8-6-7-9-25(24)36(28)20-23-19-22(10-11-26(23)38-3)21-12-15-35(16-13-21)17-18-37-2/h6-12,19H,4-5,13-18,20H2,1-3H3,(H3,31,32,33,34). The molecule has 1 aliphatic rings. The van der Waals surface area contributed by atoms with Crippen LogP contribution in [0.25, 0.3) is 27.5 Å². The van der Waals surface area contributed by atoms with Crippen LogP contribution >= 0.6 is 0 Å². The predicted molar refractivity (Wildman–Crippen MR) is 156 cm³/mol. The molecule has 0 amide bonds. The average Bonchev–Trinajstić information content (AvgIpc) is 3.25. The van der Waals surface area contributed by atoms with Crippen LogP contribution in [0.1, 0.15) is 37.3 Å². The number of hydrogen-bond acceptors (Lipinski definition) is 7. The van der Waals surface area contributed by atoms with Crippen molar-refractivity contribution in [1.82, 2.24) is 19.4 Å². The number of hydrogen-bond donors (Lipinski definition) is 2. The molecule has 38 heavy (non-hydrogen) atoms. The van der Waals surface area contributed by atoms with E-state index in [4.69, 9.17) is 15.2 Å². The van der Waals surface area contributed by atoms with Crippen LogP contribution in [0.2, 0.25) is 0 Å². The molecule has 0 aliphatic carbocycles. The number of ether oxygens (including phenoxy) is 2. The van der Waals surface area contributed by atoms with E-state index in [1.54, 1.807) is 14.2 Å². The first kappa shape index (κ1) is 26.0. The molecule has 3 heterocycles. The van der Waals surface area contributed by atoms with Crippen molar-refractivity contribution in [3.05, 3.63) is 59.7 Å².